The first-order valence-electron chi connectivity index (χ1n) is 30.4. The molecular formula is C75H82ClF11O5. The van der Waals surface area contributed by atoms with Crippen LogP contribution in [0.15, 0.2) is 133 Å². The van der Waals surface area contributed by atoms with Crippen LogP contribution in [0.1, 0.15) is 214 Å². The number of phenols is 4. The van der Waals surface area contributed by atoms with E-state index in [4.69, 9.17) is 11.6 Å². The van der Waals surface area contributed by atoms with Crippen molar-refractivity contribution in [3.63, 3.8) is 0 Å². The zero-order valence-corrected chi connectivity index (χ0v) is 55.3. The van der Waals surface area contributed by atoms with E-state index in [-0.39, 0.29) is 87.5 Å². The van der Waals surface area contributed by atoms with Gasteiger partial charge in [-0.25, -0.2) is 8.78 Å². The Morgan fingerprint density at radius 3 is 1.02 bits per heavy atom. The summed E-state index contributed by atoms with van der Waals surface area (Å²) in [7, 11) is 0. The van der Waals surface area contributed by atoms with Crippen molar-refractivity contribution in [2.75, 3.05) is 0 Å². The molecule has 0 aliphatic heterocycles. The summed E-state index contributed by atoms with van der Waals surface area (Å²) in [6.45, 7) is 31.2. The number of phenolic OH excluding ortho intramolecular Hbond substituents is 4. The number of ether oxygens (including phenoxy) is 1. The summed E-state index contributed by atoms with van der Waals surface area (Å²) in [6, 6.07) is 33.0. The minimum atomic E-state index is -4.95. The molecule has 0 amide bonds. The highest BCUT2D eigenvalue weighted by atomic mass is 35.5. The molecule has 17 heteroatoms. The molecule has 0 aliphatic carbocycles. The fourth-order valence-corrected chi connectivity index (χ4v) is 10.6. The number of hydrogen-bond donors (Lipinski definition) is 4. The van der Waals surface area contributed by atoms with E-state index in [1.165, 1.54) is 42.5 Å². The van der Waals surface area contributed by atoms with Gasteiger partial charge in [0.05, 0.1) is 11.1 Å². The van der Waals surface area contributed by atoms with Crippen LogP contribution < -0.4 is 4.74 Å². The Morgan fingerprint density at radius 2 is 0.685 bits per heavy atom. The number of halogens is 12. The summed E-state index contributed by atoms with van der Waals surface area (Å²) in [4.78, 5) is 0. The molecule has 0 saturated carbocycles. The lowest BCUT2D eigenvalue weighted by Gasteiger charge is -2.20. The molecule has 8 aromatic carbocycles. The van der Waals surface area contributed by atoms with Crippen molar-refractivity contribution < 1.29 is 73.5 Å². The van der Waals surface area contributed by atoms with Crippen molar-refractivity contribution in [2.45, 2.75) is 177 Å². The van der Waals surface area contributed by atoms with E-state index in [9.17, 15) is 68.7 Å². The normalized spacial score (nSPS) is 12.0. The van der Waals surface area contributed by atoms with Crippen LogP contribution >= 0.6 is 11.6 Å². The Kier molecular flexibility index (Phi) is 25.1. The van der Waals surface area contributed by atoms with Crippen LogP contribution in [0.4, 0.5) is 48.3 Å². The van der Waals surface area contributed by atoms with Crippen molar-refractivity contribution >= 4 is 11.6 Å². The minimum absolute atomic E-state index is 0.00391. The highest BCUT2D eigenvalue weighted by Gasteiger charge is 2.39. The first-order chi connectivity index (χ1) is 42.5. The van der Waals surface area contributed by atoms with E-state index in [2.05, 4.69) is 32.4 Å². The number of hydrogen-bond acceptors (Lipinski definition) is 5. The second-order valence-electron chi connectivity index (χ2n) is 25.2. The van der Waals surface area contributed by atoms with Crippen LogP contribution in [-0.2, 0) is 12.4 Å². The van der Waals surface area contributed by atoms with E-state index < -0.39 is 41.5 Å². The lowest BCUT2D eigenvalue weighted by atomic mass is 9.88. The monoisotopic (exact) mass is 1310 g/mol. The molecule has 0 fully saturated rings. The van der Waals surface area contributed by atoms with Gasteiger partial charge in [0, 0.05) is 22.2 Å². The second-order valence-corrected chi connectivity index (χ2v) is 25.6. The maximum absolute atomic E-state index is 14.0. The zero-order valence-electron chi connectivity index (χ0n) is 54.6. The summed E-state index contributed by atoms with van der Waals surface area (Å²) in [5.41, 5.74) is 7.49. The Labute approximate surface area is 538 Å². The molecule has 0 unspecified atom stereocenters. The molecular weight excluding hydrogens is 1230 g/mol. The molecule has 0 saturated heterocycles. The largest absolute Gasteiger partial charge is 0.573 e. The van der Waals surface area contributed by atoms with Gasteiger partial charge in [0.1, 0.15) is 40.4 Å². The van der Waals surface area contributed by atoms with E-state index in [1.54, 1.807) is 45.9 Å². The first kappa shape index (κ1) is 75.0. The molecule has 4 N–H and O–H groups in total. The topological polar surface area (TPSA) is 90.2 Å². The van der Waals surface area contributed by atoms with Crippen molar-refractivity contribution in [3.05, 3.63) is 206 Å². The van der Waals surface area contributed by atoms with Crippen LogP contribution in [0, 0.1) is 11.6 Å². The van der Waals surface area contributed by atoms with Gasteiger partial charge >= 0.3 is 18.7 Å². The van der Waals surface area contributed by atoms with Crippen LogP contribution in [-0.4, -0.2) is 26.8 Å². The Hall–Kier alpha value is -7.72. The predicted molar refractivity (Wildman–Crippen MR) is 348 cm³/mol. The lowest BCUT2D eigenvalue weighted by Crippen LogP contribution is -2.17. The molecule has 0 aromatic heterocycles. The smallest absolute Gasteiger partial charge is 0.507 e. The fourth-order valence-electron chi connectivity index (χ4n) is 10.4. The number of rotatable bonds is 13. The van der Waals surface area contributed by atoms with Gasteiger partial charge in [0.25, 0.3) is 0 Å². The third-order valence-electron chi connectivity index (χ3n) is 15.4. The number of benzene rings is 8. The molecule has 0 spiro atoms. The molecule has 92 heavy (non-hydrogen) atoms. The lowest BCUT2D eigenvalue weighted by molar-refractivity contribution is -0.274. The van der Waals surface area contributed by atoms with Crippen molar-refractivity contribution in [1.82, 2.24) is 0 Å². The molecule has 8 aromatic rings. The second kappa shape index (κ2) is 30.8. The summed E-state index contributed by atoms with van der Waals surface area (Å²) < 4.78 is 147. The van der Waals surface area contributed by atoms with Crippen LogP contribution in [0.5, 0.6) is 28.7 Å². The van der Waals surface area contributed by atoms with Gasteiger partial charge in [-0.15, -0.1) is 13.2 Å². The Balaban J connectivity index is 0.000000224. The number of aromatic hydroxyl groups is 4. The minimum Gasteiger partial charge on any atom is -0.507 e. The van der Waals surface area contributed by atoms with Gasteiger partial charge in [0.2, 0.25) is 0 Å². The van der Waals surface area contributed by atoms with Crippen LogP contribution in [0.2, 0.25) is 5.02 Å². The molecule has 496 valence electrons. The molecule has 0 aliphatic rings. The standard InChI is InChI=1S/C20H20F6O.C19H21F3O2.C18H21ClO.C18H20F2O/c1-10(2)15-7-12(8-16(11(3)4)18(15)27)14-6-5-13(19(21,22)23)9-17(14)20(24,25)26;1-11(2)16-9-14(10-17(12(3)4)18(16)23)13-6-5-7-15(8-13)24-19(20,21)22;1-11(2)15-9-13(10-16(12(3)4)18(15)20)14-7-5-6-8-17(14)19;1-10(2)15-7-12(8-16(11(3)4)18(15)21)14-6-5-13(19)9-17(14)20/h5-11,27H,1-4H3;5-12,23H,1-4H3;5-12,20H,1-4H3;5-11,21H,1-4H3. The van der Waals surface area contributed by atoms with Crippen molar-refractivity contribution in [3.8, 4) is 73.3 Å². The Bertz CT molecular complexity index is 3700. The third kappa shape index (κ3) is 19.2. The molecule has 0 atom stereocenters. The van der Waals surface area contributed by atoms with Crippen LogP contribution in [0.3, 0.4) is 0 Å². The van der Waals surface area contributed by atoms with Gasteiger partial charge in [0.15, 0.2) is 0 Å². The summed E-state index contributed by atoms with van der Waals surface area (Å²) in [5.74, 6) is 0.125. The van der Waals surface area contributed by atoms with Gasteiger partial charge in [-0.05, 0) is 216 Å². The average Bonchev–Trinajstić information content (AvgIpc) is 0.796. The summed E-state index contributed by atoms with van der Waals surface area (Å²) >= 11 is 6.30. The maximum Gasteiger partial charge on any atom is 0.573 e. The van der Waals surface area contributed by atoms with Crippen LogP contribution in [0.25, 0.3) is 44.5 Å². The molecule has 0 heterocycles. The zero-order chi connectivity index (χ0) is 69.4. The van der Waals surface area contributed by atoms with Crippen molar-refractivity contribution in [1.29, 1.82) is 0 Å². The number of alkyl halides is 9. The first-order valence-corrected chi connectivity index (χ1v) is 30.7. The maximum atomic E-state index is 14.0. The fraction of sp³-hybridized carbons (Fsp3) is 0.360. The molecule has 8 rings (SSSR count). The van der Waals surface area contributed by atoms with E-state index >= 15 is 0 Å². The van der Waals surface area contributed by atoms with Gasteiger partial charge in [-0.2, -0.15) is 26.3 Å². The van der Waals surface area contributed by atoms with E-state index in [0.29, 0.717) is 39.6 Å². The SMILES string of the molecule is CC(C)c1cc(-c2ccc(C(F)(F)F)cc2C(F)(F)F)cc(C(C)C)c1O.CC(C)c1cc(-c2ccc(F)cc2F)cc(C(C)C)c1O.CC(C)c1cc(-c2cccc(OC(F)(F)F)c2)cc(C(C)C)c1O.CC(C)c1cc(-c2ccccc2Cl)cc(C(C)C)c1O. The predicted octanol–water partition coefficient (Wildman–Crippen LogP) is 25.1. The molecule has 5 nitrogen and oxygen atoms in total. The third-order valence-corrected chi connectivity index (χ3v) is 15.8. The highest BCUT2D eigenvalue weighted by Crippen LogP contribution is 2.46. The van der Waals surface area contributed by atoms with Gasteiger partial charge in [-0.3, -0.25) is 0 Å². The average molecular weight is 1310 g/mol. The summed E-state index contributed by atoms with van der Waals surface area (Å²) in [5, 5.41) is 42.4. The molecule has 0 radical (unpaired) electrons. The quantitative estimate of drug-likeness (QED) is 0.0864. The van der Waals surface area contributed by atoms with E-state index in [1.807, 2.05) is 104 Å². The van der Waals surface area contributed by atoms with Gasteiger partial charge < -0.3 is 25.2 Å². The van der Waals surface area contributed by atoms with Crippen molar-refractivity contribution in [2.24, 2.45) is 0 Å². The molecule has 0 bridgehead atoms. The van der Waals surface area contributed by atoms with Gasteiger partial charge in [-0.1, -0.05) is 159 Å². The Morgan fingerprint density at radius 1 is 0.337 bits per heavy atom. The van der Waals surface area contributed by atoms with E-state index in [0.717, 1.165) is 67.2 Å². The highest BCUT2D eigenvalue weighted by molar-refractivity contribution is 6.33. The summed E-state index contributed by atoms with van der Waals surface area (Å²) in [6.07, 6.45) is -14.6.